The molecule has 0 saturated carbocycles. The molecule has 6 nitrogen and oxygen atoms in total. The van der Waals surface area contributed by atoms with E-state index >= 15 is 0 Å². The molecule has 2 saturated heterocycles. The van der Waals surface area contributed by atoms with Gasteiger partial charge in [-0.15, -0.1) is 0 Å². The Morgan fingerprint density at radius 1 is 1.18 bits per heavy atom. The van der Waals surface area contributed by atoms with Gasteiger partial charge >= 0.3 is 5.97 Å². The molecular weight excluding hydrogens is 449 g/mol. The number of nitrogens with zero attached hydrogens (tertiary/aromatic N) is 2. The Morgan fingerprint density at radius 2 is 1.88 bits per heavy atom. The summed E-state index contributed by atoms with van der Waals surface area (Å²) >= 11 is 0. The Labute approximate surface area is 196 Å². The van der Waals surface area contributed by atoms with Crippen molar-refractivity contribution in [2.24, 2.45) is 5.92 Å². The van der Waals surface area contributed by atoms with E-state index in [9.17, 15) is 18.0 Å². The average molecular weight is 479 g/mol. The van der Waals surface area contributed by atoms with Gasteiger partial charge in [0, 0.05) is 49.6 Å². The van der Waals surface area contributed by atoms with E-state index in [1.54, 1.807) is 43.5 Å². The smallest absolute Gasteiger partial charge is 0.305 e. The standard InChI is InChI=1S/C25H29F3N2O4/c1-16-14-29(22-12-20(33-2)7-8-21(22)26)10-9-23(16)34-19-5-3-17(4-6-19)30-15-25(27,28)13-18(30)11-24(31)32/h3-8,12,16,18,23H,9-11,13-15H2,1-2H3,(H,31,32). The maximum Gasteiger partial charge on any atom is 0.305 e. The minimum atomic E-state index is -2.92. The maximum atomic E-state index is 14.4. The fourth-order valence-corrected chi connectivity index (χ4v) is 4.85. The number of hydrogen-bond acceptors (Lipinski definition) is 5. The molecule has 4 rings (SSSR count). The van der Waals surface area contributed by atoms with Gasteiger partial charge in [-0.1, -0.05) is 6.92 Å². The summed E-state index contributed by atoms with van der Waals surface area (Å²) in [6.45, 7) is 2.79. The van der Waals surface area contributed by atoms with Gasteiger partial charge in [0.05, 0.1) is 25.8 Å². The number of piperidine rings is 1. The zero-order valence-corrected chi connectivity index (χ0v) is 19.2. The second-order valence-corrected chi connectivity index (χ2v) is 9.12. The van der Waals surface area contributed by atoms with Crippen LogP contribution in [0.2, 0.25) is 0 Å². The first kappa shape index (κ1) is 24.0. The minimum absolute atomic E-state index is 0.0772. The lowest BCUT2D eigenvalue weighted by Gasteiger charge is -2.38. The van der Waals surface area contributed by atoms with Gasteiger partial charge < -0.3 is 24.4 Å². The largest absolute Gasteiger partial charge is 0.497 e. The van der Waals surface area contributed by atoms with Crippen LogP contribution >= 0.6 is 0 Å². The van der Waals surface area contributed by atoms with Gasteiger partial charge in [-0.05, 0) is 36.4 Å². The van der Waals surface area contributed by atoms with E-state index in [0.29, 0.717) is 42.4 Å². The van der Waals surface area contributed by atoms with Gasteiger partial charge in [0.1, 0.15) is 23.4 Å². The normalized spacial score (nSPS) is 24.2. The van der Waals surface area contributed by atoms with Crippen molar-refractivity contribution < 1.29 is 32.5 Å². The molecular formula is C25H29F3N2O4. The van der Waals surface area contributed by atoms with E-state index in [0.717, 1.165) is 0 Å². The molecule has 1 N–H and O–H groups in total. The van der Waals surface area contributed by atoms with Crippen molar-refractivity contribution in [1.82, 2.24) is 0 Å². The zero-order valence-electron chi connectivity index (χ0n) is 19.2. The maximum absolute atomic E-state index is 14.4. The highest BCUT2D eigenvalue weighted by Crippen LogP contribution is 2.38. The van der Waals surface area contributed by atoms with Crippen LogP contribution in [0.5, 0.6) is 11.5 Å². The first-order chi connectivity index (χ1) is 16.1. The van der Waals surface area contributed by atoms with Crippen molar-refractivity contribution in [2.45, 2.75) is 44.3 Å². The molecule has 2 aromatic rings. The number of carboxylic acids is 1. The molecule has 0 amide bonds. The number of benzene rings is 2. The minimum Gasteiger partial charge on any atom is -0.497 e. The van der Waals surface area contributed by atoms with Crippen molar-refractivity contribution in [1.29, 1.82) is 0 Å². The van der Waals surface area contributed by atoms with Gasteiger partial charge in [-0.3, -0.25) is 4.79 Å². The van der Waals surface area contributed by atoms with E-state index in [1.807, 2.05) is 11.8 Å². The number of rotatable bonds is 7. The summed E-state index contributed by atoms with van der Waals surface area (Å²) in [7, 11) is 1.55. The molecule has 0 aliphatic carbocycles. The predicted octanol–water partition coefficient (Wildman–Crippen LogP) is 4.82. The molecule has 2 aliphatic heterocycles. The van der Waals surface area contributed by atoms with Crippen molar-refractivity contribution in [3.05, 3.63) is 48.3 Å². The molecule has 2 aromatic carbocycles. The summed E-state index contributed by atoms with van der Waals surface area (Å²) in [5.41, 5.74) is 1.06. The van der Waals surface area contributed by atoms with E-state index in [4.69, 9.17) is 14.6 Å². The van der Waals surface area contributed by atoms with Gasteiger partial charge in [0.2, 0.25) is 0 Å². The third kappa shape index (κ3) is 5.34. The van der Waals surface area contributed by atoms with Crippen molar-refractivity contribution >= 4 is 17.3 Å². The predicted molar refractivity (Wildman–Crippen MR) is 123 cm³/mol. The van der Waals surface area contributed by atoms with Crippen LogP contribution in [0.3, 0.4) is 0 Å². The third-order valence-electron chi connectivity index (χ3n) is 6.56. The van der Waals surface area contributed by atoms with Crippen LogP contribution < -0.4 is 19.3 Å². The molecule has 2 heterocycles. The topological polar surface area (TPSA) is 62.2 Å². The van der Waals surface area contributed by atoms with E-state index in [-0.39, 0.29) is 24.3 Å². The monoisotopic (exact) mass is 478 g/mol. The van der Waals surface area contributed by atoms with Crippen molar-refractivity contribution in [3.63, 3.8) is 0 Å². The number of hydrogen-bond donors (Lipinski definition) is 1. The lowest BCUT2D eigenvalue weighted by molar-refractivity contribution is -0.137. The first-order valence-corrected chi connectivity index (χ1v) is 11.4. The number of carbonyl (C=O) groups is 1. The molecule has 2 fully saturated rings. The van der Waals surface area contributed by atoms with Crippen LogP contribution in [0, 0.1) is 11.7 Å². The molecule has 0 aromatic heterocycles. The summed E-state index contributed by atoms with van der Waals surface area (Å²) in [5, 5.41) is 9.07. The molecule has 0 bridgehead atoms. The number of methoxy groups -OCH3 is 1. The van der Waals surface area contributed by atoms with Crippen LogP contribution in [0.4, 0.5) is 24.5 Å². The molecule has 184 valence electrons. The second kappa shape index (κ2) is 9.64. The first-order valence-electron chi connectivity index (χ1n) is 11.4. The summed E-state index contributed by atoms with van der Waals surface area (Å²) in [5.74, 6) is -2.97. The molecule has 2 aliphatic rings. The quantitative estimate of drug-likeness (QED) is 0.616. The van der Waals surface area contributed by atoms with E-state index in [2.05, 4.69) is 0 Å². The average Bonchev–Trinajstić information content (AvgIpc) is 3.09. The number of anilines is 2. The Hall–Kier alpha value is -3.10. The molecule has 0 spiro atoms. The molecule has 0 radical (unpaired) electrons. The number of ether oxygens (including phenoxy) is 2. The summed E-state index contributed by atoms with van der Waals surface area (Å²) in [4.78, 5) is 14.5. The Bertz CT molecular complexity index is 1020. The van der Waals surface area contributed by atoms with E-state index in [1.165, 1.54) is 11.0 Å². The van der Waals surface area contributed by atoms with Crippen LogP contribution in [-0.4, -0.2) is 55.9 Å². The van der Waals surface area contributed by atoms with Gasteiger partial charge in [-0.25, -0.2) is 13.2 Å². The van der Waals surface area contributed by atoms with Gasteiger partial charge in [0.25, 0.3) is 5.92 Å². The fourth-order valence-electron chi connectivity index (χ4n) is 4.85. The van der Waals surface area contributed by atoms with Crippen LogP contribution in [0.15, 0.2) is 42.5 Å². The zero-order chi connectivity index (χ0) is 24.5. The van der Waals surface area contributed by atoms with Gasteiger partial charge in [-0.2, -0.15) is 0 Å². The van der Waals surface area contributed by atoms with Crippen LogP contribution in [0.1, 0.15) is 26.2 Å². The van der Waals surface area contributed by atoms with Crippen molar-refractivity contribution in [3.8, 4) is 11.5 Å². The summed E-state index contributed by atoms with van der Waals surface area (Å²) in [6, 6.07) is 10.8. The highest BCUT2D eigenvalue weighted by molar-refractivity contribution is 5.69. The molecule has 3 unspecified atom stereocenters. The summed E-state index contributed by atoms with van der Waals surface area (Å²) < 4.78 is 53.6. The third-order valence-corrected chi connectivity index (χ3v) is 6.56. The van der Waals surface area contributed by atoms with Crippen LogP contribution in [0.25, 0.3) is 0 Å². The highest BCUT2D eigenvalue weighted by Gasteiger charge is 2.45. The second-order valence-electron chi connectivity index (χ2n) is 9.12. The van der Waals surface area contributed by atoms with E-state index < -0.39 is 30.9 Å². The Morgan fingerprint density at radius 3 is 2.53 bits per heavy atom. The lowest BCUT2D eigenvalue weighted by Crippen LogP contribution is -2.44. The highest BCUT2D eigenvalue weighted by atomic mass is 19.3. The van der Waals surface area contributed by atoms with Crippen LogP contribution in [-0.2, 0) is 4.79 Å². The lowest BCUT2D eigenvalue weighted by atomic mass is 9.95. The Kier molecular flexibility index (Phi) is 6.81. The van der Waals surface area contributed by atoms with Crippen molar-refractivity contribution in [2.75, 3.05) is 36.5 Å². The number of halogens is 3. The summed E-state index contributed by atoms with van der Waals surface area (Å²) in [6.07, 6.45) is -0.190. The fraction of sp³-hybridized carbons (Fsp3) is 0.480. The van der Waals surface area contributed by atoms with Gasteiger partial charge in [0.15, 0.2) is 0 Å². The SMILES string of the molecule is COc1ccc(F)c(N2CCC(Oc3ccc(N4CC(F)(F)CC4CC(=O)O)cc3)C(C)C2)c1. The molecule has 9 heteroatoms. The Balaban J connectivity index is 1.39. The number of alkyl halides is 2. The number of aliphatic carboxylic acids is 1. The number of carboxylic acid groups (broad SMARTS) is 1. The molecule has 34 heavy (non-hydrogen) atoms. The molecule has 3 atom stereocenters.